The number of hydrogen-bond acceptors (Lipinski definition) is 2. The fourth-order valence-electron chi connectivity index (χ4n) is 2.71. The zero-order chi connectivity index (χ0) is 12.9. The first kappa shape index (κ1) is 15.0. The molecule has 0 radical (unpaired) electrons. The molecule has 0 spiro atoms. The molecule has 1 fully saturated rings. The van der Waals surface area contributed by atoms with Crippen LogP contribution in [0.4, 0.5) is 0 Å². The largest absolute Gasteiger partial charge is 0.312 e. The minimum atomic E-state index is 0.253. The predicted molar refractivity (Wildman–Crippen MR) is 76.5 cm³/mol. The molecule has 1 aliphatic carbocycles. The summed E-state index contributed by atoms with van der Waals surface area (Å²) in [4.78, 5) is 2.61. The molecule has 1 saturated carbocycles. The average molecular weight is 240 g/mol. The second-order valence-electron chi connectivity index (χ2n) is 6.77. The average Bonchev–Trinajstić information content (AvgIpc) is 2.27. The minimum absolute atomic E-state index is 0.253. The summed E-state index contributed by atoms with van der Waals surface area (Å²) in [5.74, 6) is 0. The minimum Gasteiger partial charge on any atom is -0.312 e. The lowest BCUT2D eigenvalue weighted by Crippen LogP contribution is -2.43. The Balaban J connectivity index is 2.23. The van der Waals surface area contributed by atoms with Gasteiger partial charge in [-0.05, 0) is 60.5 Å². The molecule has 0 heterocycles. The summed E-state index contributed by atoms with van der Waals surface area (Å²) in [5, 5.41) is 3.58. The normalized spacial score (nSPS) is 20.8. The van der Waals surface area contributed by atoms with Gasteiger partial charge in [0, 0.05) is 17.6 Å². The van der Waals surface area contributed by atoms with Gasteiger partial charge in [0.05, 0.1) is 0 Å². The number of nitrogens with zero attached hydrogens (tertiary/aromatic N) is 1. The maximum atomic E-state index is 3.58. The Morgan fingerprint density at radius 1 is 1.18 bits per heavy atom. The molecule has 17 heavy (non-hydrogen) atoms. The van der Waals surface area contributed by atoms with Crippen LogP contribution in [0.15, 0.2) is 0 Å². The predicted octanol–water partition coefficient (Wildman–Crippen LogP) is 3.42. The van der Waals surface area contributed by atoms with Gasteiger partial charge in [0.25, 0.3) is 0 Å². The number of rotatable bonds is 5. The SMILES string of the molecule is CC(CCNC(C)(C)C)N(C)C1CCCCC1. The molecule has 1 rings (SSSR count). The summed E-state index contributed by atoms with van der Waals surface area (Å²) in [6.45, 7) is 10.2. The molecule has 1 atom stereocenters. The Hall–Kier alpha value is -0.0800. The molecule has 0 saturated heterocycles. The first-order valence-corrected chi connectivity index (χ1v) is 7.37. The molecule has 2 heteroatoms. The zero-order valence-corrected chi connectivity index (χ0v) is 12.6. The van der Waals surface area contributed by atoms with E-state index >= 15 is 0 Å². The van der Waals surface area contributed by atoms with E-state index in [-0.39, 0.29) is 5.54 Å². The van der Waals surface area contributed by atoms with Crippen LogP contribution >= 0.6 is 0 Å². The second kappa shape index (κ2) is 6.75. The van der Waals surface area contributed by atoms with Crippen LogP contribution in [0.3, 0.4) is 0 Å². The first-order chi connectivity index (χ1) is 7.90. The summed E-state index contributed by atoms with van der Waals surface area (Å²) >= 11 is 0. The third kappa shape index (κ3) is 5.87. The molecule has 0 amide bonds. The van der Waals surface area contributed by atoms with Gasteiger partial charge in [-0.3, -0.25) is 0 Å². The van der Waals surface area contributed by atoms with Crippen molar-refractivity contribution in [2.24, 2.45) is 0 Å². The monoisotopic (exact) mass is 240 g/mol. The quantitative estimate of drug-likeness (QED) is 0.792. The van der Waals surface area contributed by atoms with Gasteiger partial charge in [0.2, 0.25) is 0 Å². The van der Waals surface area contributed by atoms with Crippen molar-refractivity contribution in [2.45, 2.75) is 83.8 Å². The highest BCUT2D eigenvalue weighted by Gasteiger charge is 2.21. The molecule has 0 aromatic rings. The Bertz CT molecular complexity index is 201. The Kier molecular flexibility index (Phi) is 5.94. The summed E-state index contributed by atoms with van der Waals surface area (Å²) in [6.07, 6.45) is 8.39. The van der Waals surface area contributed by atoms with Crippen molar-refractivity contribution in [3.8, 4) is 0 Å². The first-order valence-electron chi connectivity index (χ1n) is 7.37. The van der Waals surface area contributed by atoms with E-state index in [4.69, 9.17) is 0 Å². The summed E-state index contributed by atoms with van der Waals surface area (Å²) in [5.41, 5.74) is 0.253. The van der Waals surface area contributed by atoms with Gasteiger partial charge in [-0.1, -0.05) is 19.3 Å². The van der Waals surface area contributed by atoms with Crippen LogP contribution in [0.2, 0.25) is 0 Å². The third-order valence-electron chi connectivity index (χ3n) is 4.06. The van der Waals surface area contributed by atoms with Crippen molar-refractivity contribution in [3.05, 3.63) is 0 Å². The molecule has 0 aromatic carbocycles. The Morgan fingerprint density at radius 3 is 2.29 bits per heavy atom. The van der Waals surface area contributed by atoms with Crippen molar-refractivity contribution in [3.63, 3.8) is 0 Å². The molecule has 0 aromatic heterocycles. The van der Waals surface area contributed by atoms with Gasteiger partial charge in [-0.2, -0.15) is 0 Å². The summed E-state index contributed by atoms with van der Waals surface area (Å²) in [7, 11) is 2.32. The molecule has 1 N–H and O–H groups in total. The lowest BCUT2D eigenvalue weighted by Gasteiger charge is -2.36. The highest BCUT2D eigenvalue weighted by Crippen LogP contribution is 2.23. The van der Waals surface area contributed by atoms with Crippen molar-refractivity contribution in [1.29, 1.82) is 0 Å². The van der Waals surface area contributed by atoms with Crippen LogP contribution in [-0.2, 0) is 0 Å². The van der Waals surface area contributed by atoms with Crippen molar-refractivity contribution in [2.75, 3.05) is 13.6 Å². The fraction of sp³-hybridized carbons (Fsp3) is 1.00. The Labute approximate surface area is 108 Å². The molecule has 1 aliphatic rings. The van der Waals surface area contributed by atoms with Crippen LogP contribution in [0.1, 0.15) is 66.2 Å². The van der Waals surface area contributed by atoms with Crippen molar-refractivity contribution >= 4 is 0 Å². The topological polar surface area (TPSA) is 15.3 Å². The van der Waals surface area contributed by atoms with Gasteiger partial charge < -0.3 is 10.2 Å². The van der Waals surface area contributed by atoms with E-state index in [1.807, 2.05) is 0 Å². The van der Waals surface area contributed by atoms with E-state index in [1.165, 1.54) is 38.5 Å². The number of nitrogens with one attached hydrogen (secondary N) is 1. The summed E-state index contributed by atoms with van der Waals surface area (Å²) < 4.78 is 0. The third-order valence-corrected chi connectivity index (χ3v) is 4.06. The van der Waals surface area contributed by atoms with E-state index < -0.39 is 0 Å². The maximum Gasteiger partial charge on any atom is 0.00965 e. The van der Waals surface area contributed by atoms with E-state index in [9.17, 15) is 0 Å². The second-order valence-corrected chi connectivity index (χ2v) is 6.77. The van der Waals surface area contributed by atoms with Gasteiger partial charge in [-0.25, -0.2) is 0 Å². The molecule has 0 bridgehead atoms. The maximum absolute atomic E-state index is 3.58. The highest BCUT2D eigenvalue weighted by molar-refractivity contribution is 4.78. The Morgan fingerprint density at radius 2 is 1.76 bits per heavy atom. The molecule has 2 nitrogen and oxygen atoms in total. The van der Waals surface area contributed by atoms with Gasteiger partial charge in [-0.15, -0.1) is 0 Å². The zero-order valence-electron chi connectivity index (χ0n) is 12.6. The van der Waals surface area contributed by atoms with Crippen LogP contribution < -0.4 is 5.32 Å². The summed E-state index contributed by atoms with van der Waals surface area (Å²) in [6, 6.07) is 1.54. The van der Waals surface area contributed by atoms with E-state index in [0.29, 0.717) is 6.04 Å². The lowest BCUT2D eigenvalue weighted by atomic mass is 9.93. The molecular weight excluding hydrogens is 208 g/mol. The molecule has 0 aliphatic heterocycles. The molecule has 1 unspecified atom stereocenters. The smallest absolute Gasteiger partial charge is 0.00965 e. The van der Waals surface area contributed by atoms with Crippen LogP contribution in [0, 0.1) is 0 Å². The van der Waals surface area contributed by atoms with Gasteiger partial charge in [0.1, 0.15) is 0 Å². The lowest BCUT2D eigenvalue weighted by molar-refractivity contribution is 0.139. The number of hydrogen-bond donors (Lipinski definition) is 1. The fourth-order valence-corrected chi connectivity index (χ4v) is 2.71. The van der Waals surface area contributed by atoms with E-state index in [1.54, 1.807) is 0 Å². The van der Waals surface area contributed by atoms with Gasteiger partial charge in [0.15, 0.2) is 0 Å². The highest BCUT2D eigenvalue weighted by atomic mass is 15.2. The van der Waals surface area contributed by atoms with Crippen LogP contribution in [0.5, 0.6) is 0 Å². The van der Waals surface area contributed by atoms with Crippen molar-refractivity contribution in [1.82, 2.24) is 10.2 Å². The van der Waals surface area contributed by atoms with Crippen molar-refractivity contribution < 1.29 is 0 Å². The standard InChI is InChI=1S/C15H32N2/c1-13(11-12-16-15(2,3)4)17(5)14-9-7-6-8-10-14/h13-14,16H,6-12H2,1-5H3. The van der Waals surface area contributed by atoms with E-state index in [0.717, 1.165) is 12.6 Å². The molecule has 102 valence electrons. The van der Waals surface area contributed by atoms with Crippen LogP contribution in [-0.4, -0.2) is 36.1 Å². The molecular formula is C15H32N2. The van der Waals surface area contributed by atoms with Crippen LogP contribution in [0.25, 0.3) is 0 Å². The van der Waals surface area contributed by atoms with E-state index in [2.05, 4.69) is 45.0 Å². The van der Waals surface area contributed by atoms with Gasteiger partial charge >= 0.3 is 0 Å².